The van der Waals surface area contributed by atoms with Crippen LogP contribution >= 0.6 is 0 Å². The van der Waals surface area contributed by atoms with Crippen molar-refractivity contribution in [1.82, 2.24) is 5.32 Å². The molecule has 0 radical (unpaired) electrons. The lowest BCUT2D eigenvalue weighted by atomic mass is 9.88. The Morgan fingerprint density at radius 1 is 1.46 bits per heavy atom. The Labute approximate surface area is 78.9 Å². The largest absolute Gasteiger partial charge is 0.350 e. The molecule has 1 aliphatic rings. The van der Waals surface area contributed by atoms with E-state index < -0.39 is 11.6 Å². The standard InChI is InChI=1S/C10H18FNO/c1-7(9(2,3)4)12-8(13)10(11)5-6-10/h7H,5-6H2,1-4H3,(H,12,13)/t7-/m1/s1. The van der Waals surface area contributed by atoms with Gasteiger partial charge in [-0.15, -0.1) is 0 Å². The number of amides is 1. The van der Waals surface area contributed by atoms with Crippen LogP contribution in [0.2, 0.25) is 0 Å². The lowest BCUT2D eigenvalue weighted by molar-refractivity contribution is -0.128. The van der Waals surface area contributed by atoms with Gasteiger partial charge in [0, 0.05) is 6.04 Å². The molecule has 1 atom stereocenters. The van der Waals surface area contributed by atoms with Crippen molar-refractivity contribution in [1.29, 1.82) is 0 Å². The molecule has 0 aromatic rings. The monoisotopic (exact) mass is 187 g/mol. The number of rotatable bonds is 2. The number of hydrogen-bond acceptors (Lipinski definition) is 1. The van der Waals surface area contributed by atoms with Crippen LogP contribution in [0.15, 0.2) is 0 Å². The first-order valence-electron chi connectivity index (χ1n) is 4.75. The number of carbonyl (C=O) groups excluding carboxylic acids is 1. The quantitative estimate of drug-likeness (QED) is 0.704. The van der Waals surface area contributed by atoms with Crippen LogP contribution < -0.4 is 5.32 Å². The van der Waals surface area contributed by atoms with E-state index in [1.807, 2.05) is 27.7 Å². The molecule has 1 aliphatic carbocycles. The molecule has 0 unspecified atom stereocenters. The van der Waals surface area contributed by atoms with Crippen molar-refractivity contribution >= 4 is 5.91 Å². The number of alkyl halides is 1. The molecule has 1 fully saturated rings. The Hall–Kier alpha value is -0.600. The molecule has 13 heavy (non-hydrogen) atoms. The van der Waals surface area contributed by atoms with Gasteiger partial charge in [0.1, 0.15) is 0 Å². The van der Waals surface area contributed by atoms with Crippen LogP contribution in [0.3, 0.4) is 0 Å². The van der Waals surface area contributed by atoms with Crippen molar-refractivity contribution < 1.29 is 9.18 Å². The van der Waals surface area contributed by atoms with Crippen LogP contribution in [0.4, 0.5) is 4.39 Å². The molecule has 0 bridgehead atoms. The van der Waals surface area contributed by atoms with Crippen LogP contribution in [0.5, 0.6) is 0 Å². The molecular formula is C10H18FNO. The van der Waals surface area contributed by atoms with E-state index in [0.29, 0.717) is 12.8 Å². The predicted molar refractivity (Wildman–Crippen MR) is 50.1 cm³/mol. The van der Waals surface area contributed by atoms with Gasteiger partial charge in [-0.1, -0.05) is 20.8 Å². The molecule has 0 aliphatic heterocycles. The van der Waals surface area contributed by atoms with E-state index in [2.05, 4.69) is 5.32 Å². The second-order valence-electron chi connectivity index (χ2n) is 5.03. The topological polar surface area (TPSA) is 29.1 Å². The summed E-state index contributed by atoms with van der Waals surface area (Å²) < 4.78 is 13.2. The first-order valence-corrected chi connectivity index (χ1v) is 4.75. The third-order valence-corrected chi connectivity index (χ3v) is 2.74. The first-order chi connectivity index (χ1) is 5.76. The van der Waals surface area contributed by atoms with Gasteiger partial charge >= 0.3 is 0 Å². The van der Waals surface area contributed by atoms with E-state index >= 15 is 0 Å². The minimum absolute atomic E-state index is 0.00762. The Morgan fingerprint density at radius 3 is 2.23 bits per heavy atom. The maximum atomic E-state index is 13.2. The second kappa shape index (κ2) is 2.96. The van der Waals surface area contributed by atoms with Crippen LogP contribution in [-0.2, 0) is 4.79 Å². The van der Waals surface area contributed by atoms with Gasteiger partial charge in [0.05, 0.1) is 0 Å². The van der Waals surface area contributed by atoms with Gasteiger partial charge < -0.3 is 5.32 Å². The maximum absolute atomic E-state index is 13.2. The van der Waals surface area contributed by atoms with Crippen molar-refractivity contribution in [2.75, 3.05) is 0 Å². The van der Waals surface area contributed by atoms with Gasteiger partial charge in [-0.05, 0) is 25.2 Å². The lowest BCUT2D eigenvalue weighted by Gasteiger charge is -2.28. The Balaban J connectivity index is 2.45. The summed E-state index contributed by atoms with van der Waals surface area (Å²) in [6.07, 6.45) is 0.769. The highest BCUT2D eigenvalue weighted by Gasteiger charge is 2.51. The zero-order valence-electron chi connectivity index (χ0n) is 8.78. The average molecular weight is 187 g/mol. The highest BCUT2D eigenvalue weighted by molar-refractivity contribution is 5.88. The van der Waals surface area contributed by atoms with Crippen molar-refractivity contribution in [3.8, 4) is 0 Å². The molecule has 3 heteroatoms. The molecule has 0 aromatic carbocycles. The minimum atomic E-state index is -1.54. The zero-order valence-corrected chi connectivity index (χ0v) is 8.78. The molecule has 1 N–H and O–H groups in total. The maximum Gasteiger partial charge on any atom is 0.257 e. The molecular weight excluding hydrogens is 169 g/mol. The predicted octanol–water partition coefficient (Wildman–Crippen LogP) is 2.04. The summed E-state index contributed by atoms with van der Waals surface area (Å²) in [6.45, 7) is 7.98. The van der Waals surface area contributed by atoms with E-state index in [1.165, 1.54) is 0 Å². The minimum Gasteiger partial charge on any atom is -0.350 e. The molecule has 1 rings (SSSR count). The Kier molecular flexibility index (Phi) is 2.39. The SMILES string of the molecule is C[C@@H](NC(=O)C1(F)CC1)C(C)(C)C. The van der Waals surface area contributed by atoms with Gasteiger partial charge in [-0.2, -0.15) is 0 Å². The fourth-order valence-corrected chi connectivity index (χ4v) is 0.879. The van der Waals surface area contributed by atoms with Crippen molar-refractivity contribution in [3.05, 3.63) is 0 Å². The van der Waals surface area contributed by atoms with Gasteiger partial charge in [0.25, 0.3) is 5.91 Å². The van der Waals surface area contributed by atoms with E-state index in [-0.39, 0.29) is 11.5 Å². The van der Waals surface area contributed by atoms with Gasteiger partial charge in [-0.25, -0.2) is 4.39 Å². The summed E-state index contributed by atoms with van der Waals surface area (Å²) in [5.41, 5.74) is -1.56. The Bertz CT molecular complexity index is 215. The molecule has 2 nitrogen and oxygen atoms in total. The van der Waals surface area contributed by atoms with E-state index in [0.717, 1.165) is 0 Å². The molecule has 1 saturated carbocycles. The van der Waals surface area contributed by atoms with E-state index in [1.54, 1.807) is 0 Å². The fourth-order valence-electron chi connectivity index (χ4n) is 0.879. The normalized spacial score (nSPS) is 22.2. The van der Waals surface area contributed by atoms with E-state index in [4.69, 9.17) is 0 Å². The van der Waals surface area contributed by atoms with Crippen molar-refractivity contribution in [2.24, 2.45) is 5.41 Å². The number of nitrogens with one attached hydrogen (secondary N) is 1. The molecule has 0 saturated heterocycles. The first kappa shape index (κ1) is 10.5. The van der Waals surface area contributed by atoms with Crippen LogP contribution in [0.25, 0.3) is 0 Å². The third-order valence-electron chi connectivity index (χ3n) is 2.74. The van der Waals surface area contributed by atoms with Crippen molar-refractivity contribution in [3.63, 3.8) is 0 Å². The summed E-state index contributed by atoms with van der Waals surface area (Å²) in [4.78, 5) is 11.3. The summed E-state index contributed by atoms with van der Waals surface area (Å²) in [6, 6.07) is 0.00762. The lowest BCUT2D eigenvalue weighted by Crippen LogP contribution is -2.45. The number of hydrogen-bond donors (Lipinski definition) is 1. The Morgan fingerprint density at radius 2 is 1.92 bits per heavy atom. The summed E-state index contributed by atoms with van der Waals surface area (Å²) in [5, 5.41) is 2.71. The third kappa shape index (κ3) is 2.42. The smallest absolute Gasteiger partial charge is 0.257 e. The highest BCUT2D eigenvalue weighted by Crippen LogP contribution is 2.40. The van der Waals surface area contributed by atoms with Gasteiger partial charge in [-0.3, -0.25) is 4.79 Å². The average Bonchev–Trinajstić information content (AvgIpc) is 2.67. The highest BCUT2D eigenvalue weighted by atomic mass is 19.1. The van der Waals surface area contributed by atoms with Crippen LogP contribution in [0.1, 0.15) is 40.5 Å². The molecule has 1 amide bonds. The van der Waals surface area contributed by atoms with Gasteiger partial charge in [0.2, 0.25) is 0 Å². The summed E-state index contributed by atoms with van der Waals surface area (Å²) >= 11 is 0. The van der Waals surface area contributed by atoms with Crippen molar-refractivity contribution in [2.45, 2.75) is 52.2 Å². The molecule has 0 heterocycles. The molecule has 0 aromatic heterocycles. The summed E-state index contributed by atoms with van der Waals surface area (Å²) in [5.74, 6) is -0.435. The van der Waals surface area contributed by atoms with Gasteiger partial charge in [0.15, 0.2) is 5.67 Å². The molecule has 76 valence electrons. The van der Waals surface area contributed by atoms with Crippen LogP contribution in [-0.4, -0.2) is 17.6 Å². The van der Waals surface area contributed by atoms with E-state index in [9.17, 15) is 9.18 Å². The number of carbonyl (C=O) groups is 1. The molecule has 0 spiro atoms. The second-order valence-corrected chi connectivity index (χ2v) is 5.03. The zero-order chi connectivity index (χ0) is 10.3. The fraction of sp³-hybridized carbons (Fsp3) is 0.900. The van der Waals surface area contributed by atoms with Crippen LogP contribution in [0, 0.1) is 5.41 Å². The summed E-state index contributed by atoms with van der Waals surface area (Å²) in [7, 11) is 0. The number of halogens is 1.